The van der Waals surface area contributed by atoms with Crippen molar-refractivity contribution in [1.29, 1.82) is 0 Å². The highest BCUT2D eigenvalue weighted by atomic mass is 32.1. The Kier molecular flexibility index (Phi) is 5.54. The first-order valence-corrected chi connectivity index (χ1v) is 13.4. The van der Waals surface area contributed by atoms with Crippen LogP contribution in [0.4, 0.5) is 0 Å². The van der Waals surface area contributed by atoms with Gasteiger partial charge in [0.05, 0.1) is 0 Å². The van der Waals surface area contributed by atoms with E-state index >= 15 is 0 Å². The molecule has 174 valence electrons. The van der Waals surface area contributed by atoms with Gasteiger partial charge in [0.1, 0.15) is 11.5 Å². The van der Waals surface area contributed by atoms with E-state index in [-0.39, 0.29) is 5.91 Å². The van der Waals surface area contributed by atoms with Gasteiger partial charge in [0, 0.05) is 41.9 Å². The molecule has 0 radical (unpaired) electrons. The van der Waals surface area contributed by atoms with E-state index in [9.17, 15) is 4.79 Å². The highest BCUT2D eigenvalue weighted by Crippen LogP contribution is 2.49. The lowest BCUT2D eigenvalue weighted by molar-refractivity contribution is 0.0772. The molecule has 1 aromatic heterocycles. The maximum Gasteiger partial charge on any atom is 0.253 e. The third-order valence-electron chi connectivity index (χ3n) is 7.55. The van der Waals surface area contributed by atoms with Crippen LogP contribution in [0.3, 0.4) is 0 Å². The van der Waals surface area contributed by atoms with Crippen molar-refractivity contribution in [2.75, 3.05) is 13.1 Å². The Balaban J connectivity index is 1.49. The van der Waals surface area contributed by atoms with E-state index in [4.69, 9.17) is 4.74 Å². The van der Waals surface area contributed by atoms with E-state index in [2.05, 4.69) is 46.4 Å². The van der Waals surface area contributed by atoms with E-state index in [0.29, 0.717) is 30.7 Å². The fourth-order valence-corrected chi connectivity index (χ4v) is 6.48. The normalized spacial score (nSPS) is 20.5. The number of amides is 1. The molecule has 1 amide bonds. The summed E-state index contributed by atoms with van der Waals surface area (Å²) in [4.78, 5) is 14.9. The van der Waals surface area contributed by atoms with Gasteiger partial charge in [0.2, 0.25) is 0 Å². The molecule has 2 bridgehead atoms. The van der Waals surface area contributed by atoms with Gasteiger partial charge in [0.15, 0.2) is 0 Å². The molecule has 2 aromatic carbocycles. The maximum absolute atomic E-state index is 13.0. The molecule has 3 aliphatic heterocycles. The first kappa shape index (κ1) is 21.6. The number of fused-ring (bicyclic) bond motifs is 4. The van der Waals surface area contributed by atoms with Crippen LogP contribution in [-0.4, -0.2) is 36.0 Å². The van der Waals surface area contributed by atoms with Crippen LogP contribution in [0.5, 0.6) is 11.5 Å². The second-order valence-corrected chi connectivity index (χ2v) is 10.3. The van der Waals surface area contributed by atoms with Crippen molar-refractivity contribution in [3.05, 3.63) is 75.5 Å². The topological polar surface area (TPSA) is 41.6 Å². The quantitative estimate of drug-likeness (QED) is 0.360. The van der Waals surface area contributed by atoms with Gasteiger partial charge in [-0.15, -0.1) is 0 Å². The van der Waals surface area contributed by atoms with Crippen LogP contribution in [0.25, 0.3) is 16.7 Å². The summed E-state index contributed by atoms with van der Waals surface area (Å²) in [6.45, 7) is 5.44. The number of nitrogens with zero attached hydrogens (tertiary/aromatic N) is 1. The number of ether oxygens (including phenoxy) is 1. The number of hydrogen-bond acceptors (Lipinski definition) is 4. The molecule has 2 fully saturated rings. The fraction of sp³-hybridized carbons (Fsp3) is 0.345. The van der Waals surface area contributed by atoms with Gasteiger partial charge in [-0.1, -0.05) is 11.6 Å². The molecule has 1 N–H and O–H groups in total. The van der Waals surface area contributed by atoms with Crippen LogP contribution in [0.15, 0.2) is 58.8 Å². The molecule has 2 saturated heterocycles. The van der Waals surface area contributed by atoms with E-state index in [1.165, 1.54) is 40.7 Å². The van der Waals surface area contributed by atoms with E-state index < -0.39 is 0 Å². The van der Waals surface area contributed by atoms with Gasteiger partial charge >= 0.3 is 0 Å². The number of carbonyl (C=O) groups is 1. The first-order valence-electron chi connectivity index (χ1n) is 12.4. The number of piperidine rings is 1. The predicted octanol–water partition coefficient (Wildman–Crippen LogP) is 6.72. The fourth-order valence-electron chi connectivity index (χ4n) is 5.81. The van der Waals surface area contributed by atoms with E-state index in [0.717, 1.165) is 29.9 Å². The maximum atomic E-state index is 13.0. The van der Waals surface area contributed by atoms with Crippen molar-refractivity contribution in [1.82, 2.24) is 10.2 Å². The van der Waals surface area contributed by atoms with Crippen molar-refractivity contribution in [3.8, 4) is 22.6 Å². The zero-order valence-corrected chi connectivity index (χ0v) is 20.6. The molecular formula is C29H30N2O2S. The zero-order valence-electron chi connectivity index (χ0n) is 19.8. The molecule has 6 rings (SSSR count). The van der Waals surface area contributed by atoms with Gasteiger partial charge in [0.25, 0.3) is 5.91 Å². The van der Waals surface area contributed by atoms with Gasteiger partial charge in [-0.3, -0.25) is 4.79 Å². The minimum absolute atomic E-state index is 0.0594. The van der Waals surface area contributed by atoms with Gasteiger partial charge in [-0.2, -0.15) is 11.3 Å². The van der Waals surface area contributed by atoms with Crippen LogP contribution < -0.4 is 10.1 Å². The molecule has 2 unspecified atom stereocenters. The summed E-state index contributed by atoms with van der Waals surface area (Å²) in [5.74, 6) is 1.73. The molecule has 0 spiro atoms. The second-order valence-electron chi connectivity index (χ2n) is 9.54. The molecular weight excluding hydrogens is 440 g/mol. The average molecular weight is 471 g/mol. The van der Waals surface area contributed by atoms with Crippen LogP contribution in [0.2, 0.25) is 0 Å². The number of nitrogens with one attached hydrogen (secondary N) is 1. The predicted molar refractivity (Wildman–Crippen MR) is 139 cm³/mol. The largest absolute Gasteiger partial charge is 0.456 e. The number of rotatable bonds is 4. The van der Waals surface area contributed by atoms with Crippen molar-refractivity contribution in [2.24, 2.45) is 0 Å². The summed E-state index contributed by atoms with van der Waals surface area (Å²) in [6, 6.07) is 15.9. The van der Waals surface area contributed by atoms with E-state index in [1.807, 2.05) is 30.9 Å². The smallest absolute Gasteiger partial charge is 0.253 e. The van der Waals surface area contributed by atoms with Crippen LogP contribution in [-0.2, 0) is 0 Å². The average Bonchev–Trinajstić information content (AvgIpc) is 3.52. The molecule has 0 saturated carbocycles. The Hall–Kier alpha value is -2.89. The van der Waals surface area contributed by atoms with E-state index in [1.54, 1.807) is 11.3 Å². The second kappa shape index (κ2) is 8.71. The first-order chi connectivity index (χ1) is 16.6. The number of carbonyl (C=O) groups excluding carboxylic acids is 1. The minimum Gasteiger partial charge on any atom is -0.456 e. The summed E-state index contributed by atoms with van der Waals surface area (Å²) in [5, 5.41) is 8.10. The number of thiophene rings is 1. The monoisotopic (exact) mass is 470 g/mol. The third-order valence-corrected chi connectivity index (χ3v) is 8.23. The van der Waals surface area contributed by atoms with Crippen LogP contribution in [0, 0.1) is 0 Å². The summed E-state index contributed by atoms with van der Waals surface area (Å²) < 4.78 is 6.46. The molecule has 0 aliphatic carbocycles. The van der Waals surface area contributed by atoms with Gasteiger partial charge in [-0.25, -0.2) is 0 Å². The molecule has 4 heterocycles. The zero-order chi connectivity index (χ0) is 23.2. The van der Waals surface area contributed by atoms with Crippen molar-refractivity contribution in [3.63, 3.8) is 0 Å². The third kappa shape index (κ3) is 3.68. The van der Waals surface area contributed by atoms with Crippen molar-refractivity contribution in [2.45, 2.75) is 51.6 Å². The summed E-state index contributed by atoms with van der Waals surface area (Å²) in [6.07, 6.45) is 4.66. The van der Waals surface area contributed by atoms with Crippen LogP contribution >= 0.6 is 11.3 Å². The molecule has 3 aromatic rings. The van der Waals surface area contributed by atoms with Crippen molar-refractivity contribution >= 4 is 22.8 Å². The number of hydrogen-bond donors (Lipinski definition) is 1. The lowest BCUT2D eigenvalue weighted by Crippen LogP contribution is -2.35. The Labute approximate surface area is 205 Å². The summed E-state index contributed by atoms with van der Waals surface area (Å²) in [5.41, 5.74) is 8.27. The Morgan fingerprint density at radius 1 is 0.971 bits per heavy atom. The molecule has 4 nitrogen and oxygen atoms in total. The Morgan fingerprint density at radius 2 is 1.76 bits per heavy atom. The molecule has 5 heteroatoms. The van der Waals surface area contributed by atoms with Crippen molar-refractivity contribution < 1.29 is 9.53 Å². The SMILES string of the molecule is CCN(CC)C(=O)c1ccc2c(c1)Oc1ccc(-c3ccsc3)cc1C2=C1CC2CCC(C1)N2. The standard InChI is InChI=1S/C29H30N2O2S/c1-3-31(4-2)29(32)19-5-9-24-27(16-19)33-26-10-6-18(20-11-12-34-17-20)15-25(26)28(24)21-13-22-7-8-23(14-21)30-22/h5-6,9-12,15-17,22-23,30H,3-4,7-8,13-14H2,1-2H3. The van der Waals surface area contributed by atoms with Crippen LogP contribution in [0.1, 0.15) is 61.0 Å². The molecule has 2 atom stereocenters. The molecule has 3 aliphatic rings. The molecule has 34 heavy (non-hydrogen) atoms. The Bertz CT molecular complexity index is 1260. The number of benzene rings is 2. The van der Waals surface area contributed by atoms with Gasteiger partial charge < -0.3 is 15.0 Å². The minimum atomic E-state index is 0.0594. The Morgan fingerprint density at radius 3 is 2.47 bits per heavy atom. The highest BCUT2D eigenvalue weighted by Gasteiger charge is 2.34. The lowest BCUT2D eigenvalue weighted by Gasteiger charge is -2.31. The highest BCUT2D eigenvalue weighted by molar-refractivity contribution is 7.08. The lowest BCUT2D eigenvalue weighted by atomic mass is 9.83. The van der Waals surface area contributed by atoms with Gasteiger partial charge in [-0.05, 0) is 103 Å². The summed E-state index contributed by atoms with van der Waals surface area (Å²) >= 11 is 1.72. The summed E-state index contributed by atoms with van der Waals surface area (Å²) in [7, 11) is 0.